The van der Waals surface area contributed by atoms with Gasteiger partial charge < -0.3 is 24.8 Å². The lowest BCUT2D eigenvalue weighted by molar-refractivity contribution is 0.0699. The summed E-state index contributed by atoms with van der Waals surface area (Å²) < 4.78 is 5.47. The second kappa shape index (κ2) is 4.45. The summed E-state index contributed by atoms with van der Waals surface area (Å²) in [5.74, 6) is -1.78. The van der Waals surface area contributed by atoms with Crippen molar-refractivity contribution in [3.05, 3.63) is 42.0 Å². The molecule has 0 unspecified atom stereocenters. The fraction of sp³-hybridized carbons (Fsp3) is 0. The molecule has 4 N–H and O–H groups in total. The van der Waals surface area contributed by atoms with Crippen LogP contribution in [0.2, 0.25) is 0 Å². The zero-order valence-corrected chi connectivity index (χ0v) is 10.6. The van der Waals surface area contributed by atoms with Crippen LogP contribution < -0.4 is 0 Å². The van der Waals surface area contributed by atoms with Gasteiger partial charge in [-0.05, 0) is 24.3 Å². The zero-order chi connectivity index (χ0) is 15.1. The summed E-state index contributed by atoms with van der Waals surface area (Å²) in [7, 11) is 0. The van der Waals surface area contributed by atoms with Crippen LogP contribution in [0, 0.1) is 0 Å². The van der Waals surface area contributed by atoms with Gasteiger partial charge in [-0.1, -0.05) is 0 Å². The maximum Gasteiger partial charge on any atom is 0.340 e. The number of carbonyl (C=O) groups is 1. The molecule has 106 valence electrons. The normalized spacial score (nSPS) is 10.9. The summed E-state index contributed by atoms with van der Waals surface area (Å²) in [6.45, 7) is 0. The lowest BCUT2D eigenvalue weighted by Gasteiger charge is -2.03. The zero-order valence-electron chi connectivity index (χ0n) is 10.6. The van der Waals surface area contributed by atoms with E-state index in [2.05, 4.69) is 0 Å². The van der Waals surface area contributed by atoms with Crippen molar-refractivity contribution in [2.75, 3.05) is 0 Å². The summed E-state index contributed by atoms with van der Waals surface area (Å²) in [5.41, 5.74) is 0.210. The van der Waals surface area contributed by atoms with E-state index < -0.39 is 5.97 Å². The first-order valence-electron chi connectivity index (χ1n) is 5.98. The Labute approximate surface area is 118 Å². The molecule has 0 saturated heterocycles. The van der Waals surface area contributed by atoms with Crippen molar-refractivity contribution in [3.63, 3.8) is 0 Å². The number of aromatic carboxylic acids is 1. The van der Waals surface area contributed by atoms with E-state index in [9.17, 15) is 25.2 Å². The number of benzene rings is 2. The topological polar surface area (TPSA) is 111 Å². The molecule has 0 bridgehead atoms. The molecule has 3 aromatic rings. The number of hydrogen-bond donors (Lipinski definition) is 4. The standard InChI is InChI=1S/C15H10O6/c16-7-1-3-9(11(18)5-7)14-13(15(19)20)10-4-2-8(17)6-12(10)21-14/h1-6,16-18H,(H,19,20). The third-order valence-electron chi connectivity index (χ3n) is 3.11. The number of furan rings is 1. The van der Waals surface area contributed by atoms with Crippen LogP contribution in [-0.4, -0.2) is 26.4 Å². The molecule has 0 atom stereocenters. The van der Waals surface area contributed by atoms with Crippen LogP contribution in [0.25, 0.3) is 22.3 Å². The molecule has 0 saturated carbocycles. The molecular formula is C15H10O6. The fourth-order valence-electron chi connectivity index (χ4n) is 2.20. The first kappa shape index (κ1) is 12.9. The van der Waals surface area contributed by atoms with Gasteiger partial charge in [-0.2, -0.15) is 0 Å². The van der Waals surface area contributed by atoms with Gasteiger partial charge in [0.2, 0.25) is 0 Å². The number of phenolic OH excluding ortho intramolecular Hbond substituents is 3. The Balaban J connectivity index is 2.36. The summed E-state index contributed by atoms with van der Waals surface area (Å²) in [4.78, 5) is 11.5. The van der Waals surface area contributed by atoms with E-state index in [0.717, 1.165) is 6.07 Å². The van der Waals surface area contributed by atoms with Crippen molar-refractivity contribution < 1.29 is 29.6 Å². The second-order valence-electron chi connectivity index (χ2n) is 4.49. The van der Waals surface area contributed by atoms with Gasteiger partial charge in [0, 0.05) is 17.5 Å². The van der Waals surface area contributed by atoms with Gasteiger partial charge in [0.05, 0.1) is 5.56 Å². The number of carboxylic acids is 1. The third kappa shape index (κ3) is 2.02. The van der Waals surface area contributed by atoms with Crippen molar-refractivity contribution in [2.24, 2.45) is 0 Å². The second-order valence-corrected chi connectivity index (χ2v) is 4.49. The van der Waals surface area contributed by atoms with E-state index in [1.807, 2.05) is 0 Å². The molecular weight excluding hydrogens is 276 g/mol. The summed E-state index contributed by atoms with van der Waals surface area (Å²) >= 11 is 0. The van der Waals surface area contributed by atoms with E-state index >= 15 is 0 Å². The van der Waals surface area contributed by atoms with Gasteiger partial charge in [-0.15, -0.1) is 0 Å². The Morgan fingerprint density at radius 2 is 1.62 bits per heavy atom. The number of fused-ring (bicyclic) bond motifs is 1. The lowest BCUT2D eigenvalue weighted by atomic mass is 10.0. The highest BCUT2D eigenvalue weighted by Gasteiger charge is 2.23. The van der Waals surface area contributed by atoms with E-state index in [1.54, 1.807) is 0 Å². The van der Waals surface area contributed by atoms with Gasteiger partial charge in [0.15, 0.2) is 5.76 Å². The van der Waals surface area contributed by atoms with E-state index in [0.29, 0.717) is 5.39 Å². The smallest absolute Gasteiger partial charge is 0.340 e. The molecule has 0 aliphatic heterocycles. The highest BCUT2D eigenvalue weighted by molar-refractivity contribution is 6.08. The predicted molar refractivity (Wildman–Crippen MR) is 73.6 cm³/mol. The number of phenols is 3. The molecule has 21 heavy (non-hydrogen) atoms. The van der Waals surface area contributed by atoms with Crippen molar-refractivity contribution in [3.8, 4) is 28.6 Å². The van der Waals surface area contributed by atoms with Crippen LogP contribution in [0.3, 0.4) is 0 Å². The quantitative estimate of drug-likeness (QED) is 0.576. The van der Waals surface area contributed by atoms with Gasteiger partial charge in [-0.25, -0.2) is 4.79 Å². The molecule has 0 radical (unpaired) electrons. The minimum absolute atomic E-state index is 0.0411. The van der Waals surface area contributed by atoms with Crippen LogP contribution in [0.15, 0.2) is 40.8 Å². The molecule has 6 heteroatoms. The summed E-state index contributed by atoms with van der Waals surface area (Å²) in [6, 6.07) is 7.83. The molecule has 3 rings (SSSR count). The Morgan fingerprint density at radius 1 is 0.952 bits per heavy atom. The van der Waals surface area contributed by atoms with E-state index in [-0.39, 0.29) is 39.7 Å². The van der Waals surface area contributed by atoms with Gasteiger partial charge in [0.1, 0.15) is 28.4 Å². The summed E-state index contributed by atoms with van der Waals surface area (Å²) in [5, 5.41) is 38.3. The van der Waals surface area contributed by atoms with Gasteiger partial charge in [0.25, 0.3) is 0 Å². The molecule has 1 heterocycles. The Hall–Kier alpha value is -3.15. The molecule has 1 aromatic heterocycles. The maximum atomic E-state index is 11.5. The van der Waals surface area contributed by atoms with Crippen LogP contribution in [0.1, 0.15) is 10.4 Å². The average Bonchev–Trinajstić information content (AvgIpc) is 2.76. The largest absolute Gasteiger partial charge is 0.508 e. The number of rotatable bonds is 2. The monoisotopic (exact) mass is 286 g/mol. The minimum Gasteiger partial charge on any atom is -0.508 e. The molecule has 0 spiro atoms. The van der Waals surface area contributed by atoms with Crippen molar-refractivity contribution in [2.45, 2.75) is 0 Å². The van der Waals surface area contributed by atoms with Crippen molar-refractivity contribution >= 4 is 16.9 Å². The first-order chi connectivity index (χ1) is 9.97. The molecule has 2 aromatic carbocycles. The number of carboxylic acid groups (broad SMARTS) is 1. The van der Waals surface area contributed by atoms with Crippen molar-refractivity contribution in [1.82, 2.24) is 0 Å². The Kier molecular flexibility index (Phi) is 2.72. The number of hydrogen-bond acceptors (Lipinski definition) is 5. The molecule has 0 fully saturated rings. The molecule has 0 amide bonds. The van der Waals surface area contributed by atoms with Crippen LogP contribution >= 0.6 is 0 Å². The highest BCUT2D eigenvalue weighted by atomic mass is 16.4. The first-order valence-corrected chi connectivity index (χ1v) is 5.98. The summed E-state index contributed by atoms with van der Waals surface area (Å²) in [6.07, 6.45) is 0. The minimum atomic E-state index is -1.22. The highest BCUT2D eigenvalue weighted by Crippen LogP contribution is 2.39. The third-order valence-corrected chi connectivity index (χ3v) is 3.11. The Bertz CT molecular complexity index is 862. The predicted octanol–water partition coefficient (Wildman–Crippen LogP) is 2.91. The Morgan fingerprint density at radius 3 is 2.29 bits per heavy atom. The van der Waals surface area contributed by atoms with Crippen LogP contribution in [0.5, 0.6) is 17.2 Å². The number of aromatic hydroxyl groups is 3. The van der Waals surface area contributed by atoms with Crippen molar-refractivity contribution in [1.29, 1.82) is 0 Å². The van der Waals surface area contributed by atoms with Crippen LogP contribution in [0.4, 0.5) is 0 Å². The van der Waals surface area contributed by atoms with Gasteiger partial charge >= 0.3 is 5.97 Å². The average molecular weight is 286 g/mol. The fourth-order valence-corrected chi connectivity index (χ4v) is 2.20. The maximum absolute atomic E-state index is 11.5. The lowest BCUT2D eigenvalue weighted by Crippen LogP contribution is -1.97. The molecule has 0 aliphatic rings. The van der Waals surface area contributed by atoms with Gasteiger partial charge in [-0.3, -0.25) is 0 Å². The van der Waals surface area contributed by atoms with Crippen LogP contribution in [-0.2, 0) is 0 Å². The van der Waals surface area contributed by atoms with E-state index in [4.69, 9.17) is 4.42 Å². The SMILES string of the molecule is O=C(O)c1c(-c2ccc(O)cc2O)oc2cc(O)ccc12. The van der Waals surface area contributed by atoms with E-state index in [1.165, 1.54) is 30.3 Å². The molecule has 0 aliphatic carbocycles. The molecule has 6 nitrogen and oxygen atoms in total.